The Morgan fingerprint density at radius 1 is 1.00 bits per heavy atom. The van der Waals surface area contributed by atoms with Crippen LogP contribution in [0.4, 0.5) is 10.5 Å². The number of rotatable bonds is 10. The van der Waals surface area contributed by atoms with Gasteiger partial charge in [-0.15, -0.1) is 0 Å². The molecular weight excluding hydrogens is 486 g/mol. The number of nitrogens with one attached hydrogen (secondary N) is 2. The molecule has 0 aromatic heterocycles. The highest BCUT2D eigenvalue weighted by Gasteiger charge is 2.12. The van der Waals surface area contributed by atoms with Crippen molar-refractivity contribution in [1.29, 1.82) is 0 Å². The van der Waals surface area contributed by atoms with Gasteiger partial charge in [0.1, 0.15) is 19.0 Å². The number of hydrogen-bond donors (Lipinski definition) is 2. The minimum Gasteiger partial charge on any atom is -0.490 e. The Balaban J connectivity index is 1.57. The van der Waals surface area contributed by atoms with Crippen molar-refractivity contribution in [1.82, 2.24) is 5.43 Å². The Morgan fingerprint density at radius 2 is 1.79 bits per heavy atom. The summed E-state index contributed by atoms with van der Waals surface area (Å²) in [5.41, 5.74) is 4.99. The number of para-hydroxylation sites is 1. The molecule has 8 heteroatoms. The first-order valence-corrected chi connectivity index (χ1v) is 11.3. The average molecular weight is 512 g/mol. The minimum absolute atomic E-state index is 0.348. The van der Waals surface area contributed by atoms with Crippen molar-refractivity contribution in [2.75, 3.05) is 25.1 Å². The molecule has 0 unspecified atom stereocenters. The van der Waals surface area contributed by atoms with Gasteiger partial charge in [0.25, 0.3) is 0 Å². The molecule has 0 aliphatic rings. The van der Waals surface area contributed by atoms with Crippen LogP contribution in [0.15, 0.2) is 76.3 Å². The summed E-state index contributed by atoms with van der Waals surface area (Å²) >= 11 is 3.53. The van der Waals surface area contributed by atoms with Crippen molar-refractivity contribution in [2.24, 2.45) is 5.10 Å². The van der Waals surface area contributed by atoms with Gasteiger partial charge >= 0.3 is 6.03 Å². The van der Waals surface area contributed by atoms with E-state index in [0.717, 1.165) is 16.9 Å². The second-order valence-corrected chi connectivity index (χ2v) is 7.82. The second kappa shape index (κ2) is 12.5. The van der Waals surface area contributed by atoms with Crippen LogP contribution in [0.3, 0.4) is 0 Å². The van der Waals surface area contributed by atoms with Gasteiger partial charge < -0.3 is 19.5 Å². The number of carbonyl (C=O) groups is 1. The molecule has 3 rings (SSSR count). The molecule has 0 aliphatic heterocycles. The van der Waals surface area contributed by atoms with Crippen LogP contribution in [0.1, 0.15) is 18.1 Å². The lowest BCUT2D eigenvalue weighted by Crippen LogP contribution is -2.24. The summed E-state index contributed by atoms with van der Waals surface area (Å²) < 4.78 is 18.1. The third-order valence-corrected chi connectivity index (χ3v) is 4.92. The zero-order valence-corrected chi connectivity index (χ0v) is 20.1. The maximum absolute atomic E-state index is 12.0. The molecule has 0 atom stereocenters. The van der Waals surface area contributed by atoms with E-state index in [1.807, 2.05) is 62.4 Å². The monoisotopic (exact) mass is 511 g/mol. The molecule has 172 valence electrons. The molecule has 0 saturated carbocycles. The number of hydrazone groups is 1. The number of carbonyl (C=O) groups excluding carboxylic acids is 1. The van der Waals surface area contributed by atoms with Gasteiger partial charge in [0.05, 0.1) is 17.3 Å². The van der Waals surface area contributed by atoms with Gasteiger partial charge in [-0.25, -0.2) is 10.2 Å². The fraction of sp³-hybridized carbons (Fsp3) is 0.200. The van der Waals surface area contributed by atoms with Gasteiger partial charge in [-0.3, -0.25) is 0 Å². The average Bonchev–Trinajstić information content (AvgIpc) is 2.79. The van der Waals surface area contributed by atoms with E-state index in [1.165, 1.54) is 6.21 Å². The third-order valence-electron chi connectivity index (χ3n) is 4.33. The Morgan fingerprint density at radius 3 is 2.55 bits per heavy atom. The molecule has 2 amide bonds. The normalized spacial score (nSPS) is 10.6. The van der Waals surface area contributed by atoms with E-state index < -0.39 is 6.03 Å². The number of nitrogens with zero attached hydrogens (tertiary/aromatic N) is 1. The molecule has 0 aliphatic carbocycles. The maximum atomic E-state index is 12.0. The third kappa shape index (κ3) is 7.84. The summed E-state index contributed by atoms with van der Waals surface area (Å²) in [5, 5.41) is 6.70. The standard InChI is InChI=1S/C25H26BrN3O4/c1-3-31-23-16-19(17-27-29-25(30)28-20-9-5-4-6-10-20)15-22(26)24(23)33-13-12-32-21-11-7-8-18(2)14-21/h4-11,14-17H,3,12-13H2,1-2H3,(H2,28,29,30). The SMILES string of the molecule is CCOc1cc(C=NNC(=O)Nc2ccccc2)cc(Br)c1OCCOc1cccc(C)c1. The smallest absolute Gasteiger partial charge is 0.339 e. The maximum Gasteiger partial charge on any atom is 0.339 e. The zero-order chi connectivity index (χ0) is 23.5. The van der Waals surface area contributed by atoms with Gasteiger partial charge in [0.2, 0.25) is 0 Å². The first-order valence-electron chi connectivity index (χ1n) is 10.5. The van der Waals surface area contributed by atoms with Crippen LogP contribution < -0.4 is 25.0 Å². The summed E-state index contributed by atoms with van der Waals surface area (Å²) in [6.07, 6.45) is 1.53. The van der Waals surface area contributed by atoms with Crippen molar-refractivity contribution >= 4 is 33.9 Å². The fourth-order valence-electron chi connectivity index (χ4n) is 2.92. The van der Waals surface area contributed by atoms with Crippen molar-refractivity contribution in [3.05, 3.63) is 82.3 Å². The van der Waals surface area contributed by atoms with E-state index in [1.54, 1.807) is 18.2 Å². The Kier molecular flexibility index (Phi) is 9.14. The summed E-state index contributed by atoms with van der Waals surface area (Å²) in [7, 11) is 0. The number of anilines is 1. The van der Waals surface area contributed by atoms with E-state index in [0.29, 0.717) is 41.5 Å². The van der Waals surface area contributed by atoms with Gasteiger partial charge in [0.15, 0.2) is 11.5 Å². The van der Waals surface area contributed by atoms with Crippen LogP contribution in [0.5, 0.6) is 17.2 Å². The number of amides is 2. The highest BCUT2D eigenvalue weighted by atomic mass is 79.9. The molecular formula is C25H26BrN3O4. The fourth-order valence-corrected chi connectivity index (χ4v) is 3.49. The molecule has 0 spiro atoms. The number of halogens is 1. The number of hydrogen-bond acceptors (Lipinski definition) is 5. The highest BCUT2D eigenvalue weighted by Crippen LogP contribution is 2.36. The Bertz CT molecular complexity index is 1090. The molecule has 0 radical (unpaired) electrons. The van der Waals surface area contributed by atoms with E-state index in [9.17, 15) is 4.79 Å². The van der Waals surface area contributed by atoms with Gasteiger partial charge in [-0.1, -0.05) is 30.3 Å². The lowest BCUT2D eigenvalue weighted by atomic mass is 10.2. The largest absolute Gasteiger partial charge is 0.490 e. The van der Waals surface area contributed by atoms with Crippen LogP contribution in [0.25, 0.3) is 0 Å². The number of benzene rings is 3. The summed E-state index contributed by atoms with van der Waals surface area (Å²) in [6.45, 7) is 5.13. The van der Waals surface area contributed by atoms with Crippen LogP contribution in [0.2, 0.25) is 0 Å². The second-order valence-electron chi connectivity index (χ2n) is 6.97. The molecule has 0 heterocycles. The van der Waals surface area contributed by atoms with E-state index in [2.05, 4.69) is 31.8 Å². The molecule has 3 aromatic carbocycles. The number of aryl methyl sites for hydroxylation is 1. The topological polar surface area (TPSA) is 81.2 Å². The summed E-state index contributed by atoms with van der Waals surface area (Å²) in [4.78, 5) is 12.0. The van der Waals surface area contributed by atoms with Gasteiger partial charge in [-0.05, 0) is 77.3 Å². The van der Waals surface area contributed by atoms with Crippen molar-refractivity contribution in [3.63, 3.8) is 0 Å². The number of urea groups is 1. The summed E-state index contributed by atoms with van der Waals surface area (Å²) in [6, 6.07) is 20.2. The van der Waals surface area contributed by atoms with Crippen LogP contribution in [-0.4, -0.2) is 32.1 Å². The van der Waals surface area contributed by atoms with E-state index in [-0.39, 0.29) is 0 Å². The van der Waals surface area contributed by atoms with Crippen LogP contribution in [-0.2, 0) is 0 Å². The Labute approximate surface area is 201 Å². The minimum atomic E-state index is -0.435. The molecule has 33 heavy (non-hydrogen) atoms. The first-order chi connectivity index (χ1) is 16.0. The molecule has 7 nitrogen and oxygen atoms in total. The highest BCUT2D eigenvalue weighted by molar-refractivity contribution is 9.10. The summed E-state index contributed by atoms with van der Waals surface area (Å²) in [5.74, 6) is 1.95. The van der Waals surface area contributed by atoms with Crippen molar-refractivity contribution in [3.8, 4) is 17.2 Å². The molecule has 0 fully saturated rings. The van der Waals surface area contributed by atoms with Crippen LogP contribution >= 0.6 is 15.9 Å². The lowest BCUT2D eigenvalue weighted by Gasteiger charge is -2.15. The molecule has 0 bridgehead atoms. The van der Waals surface area contributed by atoms with Gasteiger partial charge in [0, 0.05) is 5.69 Å². The molecule has 2 N–H and O–H groups in total. The number of ether oxygens (including phenoxy) is 3. The zero-order valence-electron chi connectivity index (χ0n) is 18.5. The van der Waals surface area contributed by atoms with Crippen molar-refractivity contribution in [2.45, 2.75) is 13.8 Å². The predicted octanol–water partition coefficient (Wildman–Crippen LogP) is 5.77. The lowest BCUT2D eigenvalue weighted by molar-refractivity contribution is 0.207. The Hall–Kier alpha value is -3.52. The van der Waals surface area contributed by atoms with E-state index >= 15 is 0 Å². The van der Waals surface area contributed by atoms with Crippen LogP contribution in [0, 0.1) is 6.92 Å². The quantitative estimate of drug-likeness (QED) is 0.205. The predicted molar refractivity (Wildman–Crippen MR) is 134 cm³/mol. The van der Waals surface area contributed by atoms with Crippen molar-refractivity contribution < 1.29 is 19.0 Å². The van der Waals surface area contributed by atoms with E-state index in [4.69, 9.17) is 14.2 Å². The van der Waals surface area contributed by atoms with Gasteiger partial charge in [-0.2, -0.15) is 5.10 Å². The molecule has 0 saturated heterocycles. The molecule has 3 aromatic rings. The first kappa shape index (κ1) is 24.1.